The first-order valence-corrected chi connectivity index (χ1v) is 8.57. The lowest BCUT2D eigenvalue weighted by atomic mass is 9.78. The molecule has 4 nitrogen and oxygen atoms in total. The molecule has 1 N–H and O–H groups in total. The number of rotatable bonds is 8. The van der Waals surface area contributed by atoms with Crippen molar-refractivity contribution in [2.75, 3.05) is 13.7 Å². The van der Waals surface area contributed by atoms with Crippen LogP contribution in [-0.2, 0) is 11.3 Å². The second kappa shape index (κ2) is 7.95. The second-order valence-electron chi connectivity index (χ2n) is 6.20. The number of nitrogens with zero attached hydrogens (tertiary/aromatic N) is 2. The maximum absolute atomic E-state index is 6.08. The summed E-state index contributed by atoms with van der Waals surface area (Å²) in [5.74, 6) is 1.15. The molecule has 21 heavy (non-hydrogen) atoms. The highest BCUT2D eigenvalue weighted by Crippen LogP contribution is 2.40. The van der Waals surface area contributed by atoms with E-state index < -0.39 is 0 Å². The number of hydrogen-bond acceptors (Lipinski definition) is 3. The van der Waals surface area contributed by atoms with Gasteiger partial charge in [0.25, 0.3) is 0 Å². The highest BCUT2D eigenvalue weighted by molar-refractivity contribution is 5.09. The highest BCUT2D eigenvalue weighted by Gasteiger charge is 2.42. The van der Waals surface area contributed by atoms with Crippen molar-refractivity contribution in [1.82, 2.24) is 14.9 Å². The first kappa shape index (κ1) is 16.5. The zero-order chi connectivity index (χ0) is 15.1. The smallest absolute Gasteiger partial charge is 0.128 e. The van der Waals surface area contributed by atoms with Gasteiger partial charge in [0.1, 0.15) is 5.82 Å². The molecule has 2 rings (SSSR count). The van der Waals surface area contributed by atoms with Crippen LogP contribution in [-0.4, -0.2) is 28.8 Å². The zero-order valence-electron chi connectivity index (χ0n) is 13.9. The van der Waals surface area contributed by atoms with Crippen molar-refractivity contribution in [3.63, 3.8) is 0 Å². The maximum atomic E-state index is 6.08. The molecule has 0 spiro atoms. The van der Waals surface area contributed by atoms with E-state index in [4.69, 9.17) is 4.74 Å². The van der Waals surface area contributed by atoms with Crippen LogP contribution in [0, 0.1) is 0 Å². The highest BCUT2D eigenvalue weighted by atomic mass is 16.5. The van der Waals surface area contributed by atoms with E-state index in [0.29, 0.717) is 0 Å². The topological polar surface area (TPSA) is 39.1 Å². The van der Waals surface area contributed by atoms with E-state index in [9.17, 15) is 0 Å². The molecule has 1 unspecified atom stereocenters. The Hall–Kier alpha value is -0.870. The summed E-state index contributed by atoms with van der Waals surface area (Å²) >= 11 is 0. The van der Waals surface area contributed by atoms with Crippen LogP contribution in [0.25, 0.3) is 0 Å². The summed E-state index contributed by atoms with van der Waals surface area (Å²) in [7, 11) is 1.87. The van der Waals surface area contributed by atoms with E-state index in [1.54, 1.807) is 0 Å². The summed E-state index contributed by atoms with van der Waals surface area (Å²) in [6, 6.07) is 0.198. The van der Waals surface area contributed by atoms with Gasteiger partial charge in [-0.3, -0.25) is 0 Å². The third-order valence-electron chi connectivity index (χ3n) is 4.70. The first-order chi connectivity index (χ1) is 10.3. The van der Waals surface area contributed by atoms with Gasteiger partial charge in [-0.15, -0.1) is 0 Å². The first-order valence-electron chi connectivity index (χ1n) is 8.57. The van der Waals surface area contributed by atoms with Gasteiger partial charge in [0, 0.05) is 26.0 Å². The van der Waals surface area contributed by atoms with Crippen molar-refractivity contribution in [3.05, 3.63) is 18.2 Å². The van der Waals surface area contributed by atoms with Crippen molar-refractivity contribution >= 4 is 0 Å². The van der Waals surface area contributed by atoms with E-state index in [0.717, 1.165) is 44.6 Å². The van der Waals surface area contributed by atoms with Gasteiger partial charge >= 0.3 is 0 Å². The van der Waals surface area contributed by atoms with E-state index in [2.05, 4.69) is 34.9 Å². The zero-order valence-corrected chi connectivity index (χ0v) is 13.9. The van der Waals surface area contributed by atoms with E-state index >= 15 is 0 Å². The minimum absolute atomic E-state index is 0.0930. The standard InChI is InChI=1S/C17H31N3O/c1-4-11-18-15(16-19-12-14-20(16)13-5-2)17(21-3)9-7-6-8-10-17/h12,14-15,18H,4-11,13H2,1-3H3. The van der Waals surface area contributed by atoms with Crippen molar-refractivity contribution in [2.45, 2.75) is 77.0 Å². The third-order valence-corrected chi connectivity index (χ3v) is 4.70. The van der Waals surface area contributed by atoms with Crippen LogP contribution in [0.4, 0.5) is 0 Å². The Balaban J connectivity index is 2.29. The molecule has 1 fully saturated rings. The summed E-state index contributed by atoms with van der Waals surface area (Å²) in [6.07, 6.45) is 12.4. The number of aryl methyl sites for hydroxylation is 1. The molecule has 0 saturated heterocycles. The van der Waals surface area contributed by atoms with Crippen LogP contribution >= 0.6 is 0 Å². The summed E-state index contributed by atoms with van der Waals surface area (Å²) < 4.78 is 8.37. The Labute approximate surface area is 129 Å². The molecular formula is C17H31N3O. The number of ether oxygens (including phenoxy) is 1. The fraction of sp³-hybridized carbons (Fsp3) is 0.824. The Morgan fingerprint density at radius 2 is 2.05 bits per heavy atom. The Morgan fingerprint density at radius 3 is 2.67 bits per heavy atom. The predicted octanol–water partition coefficient (Wildman–Crippen LogP) is 3.68. The number of nitrogens with one attached hydrogen (secondary N) is 1. The number of aromatic nitrogens is 2. The molecule has 0 radical (unpaired) electrons. The predicted molar refractivity (Wildman–Crippen MR) is 86.4 cm³/mol. The molecule has 0 amide bonds. The molecule has 1 atom stereocenters. The third kappa shape index (κ3) is 3.67. The monoisotopic (exact) mass is 293 g/mol. The SMILES string of the molecule is CCCNC(c1nccn1CCC)C1(OC)CCCCC1. The Kier molecular flexibility index (Phi) is 6.24. The minimum Gasteiger partial charge on any atom is -0.376 e. The van der Waals surface area contributed by atoms with Gasteiger partial charge in [-0.05, 0) is 32.2 Å². The molecular weight excluding hydrogens is 262 g/mol. The van der Waals surface area contributed by atoms with Crippen LogP contribution in [0.3, 0.4) is 0 Å². The molecule has 1 aliphatic rings. The summed E-state index contributed by atoms with van der Waals surface area (Å²) in [4.78, 5) is 4.68. The van der Waals surface area contributed by atoms with Gasteiger partial charge < -0.3 is 14.6 Å². The van der Waals surface area contributed by atoms with E-state index in [1.807, 2.05) is 13.3 Å². The van der Waals surface area contributed by atoms with Gasteiger partial charge in [-0.1, -0.05) is 33.1 Å². The average Bonchev–Trinajstić information content (AvgIpc) is 2.97. The quantitative estimate of drug-likeness (QED) is 0.794. The van der Waals surface area contributed by atoms with Gasteiger partial charge in [0.2, 0.25) is 0 Å². The molecule has 0 bridgehead atoms. The average molecular weight is 293 g/mol. The fourth-order valence-corrected chi connectivity index (χ4v) is 3.57. The van der Waals surface area contributed by atoms with Crippen LogP contribution in [0.5, 0.6) is 0 Å². The van der Waals surface area contributed by atoms with Crippen molar-refractivity contribution in [2.24, 2.45) is 0 Å². The van der Waals surface area contributed by atoms with Gasteiger partial charge in [0.15, 0.2) is 0 Å². The minimum atomic E-state index is -0.0930. The lowest BCUT2D eigenvalue weighted by molar-refractivity contribution is -0.0714. The van der Waals surface area contributed by atoms with Crippen LogP contribution < -0.4 is 5.32 Å². The normalized spacial score (nSPS) is 19.6. The Bertz CT molecular complexity index is 410. The van der Waals surface area contributed by atoms with E-state index in [-0.39, 0.29) is 11.6 Å². The molecule has 0 aliphatic heterocycles. The molecule has 0 aromatic carbocycles. The molecule has 4 heteroatoms. The van der Waals surface area contributed by atoms with Gasteiger partial charge in [-0.2, -0.15) is 0 Å². The molecule has 1 aliphatic carbocycles. The van der Waals surface area contributed by atoms with Crippen molar-refractivity contribution in [1.29, 1.82) is 0 Å². The van der Waals surface area contributed by atoms with Crippen LogP contribution in [0.2, 0.25) is 0 Å². The van der Waals surface area contributed by atoms with Gasteiger partial charge in [-0.25, -0.2) is 4.98 Å². The lowest BCUT2D eigenvalue weighted by Crippen LogP contribution is -2.48. The van der Waals surface area contributed by atoms with Crippen LogP contribution in [0.15, 0.2) is 12.4 Å². The molecule has 120 valence electrons. The maximum Gasteiger partial charge on any atom is 0.128 e. The molecule has 1 aromatic rings. The largest absolute Gasteiger partial charge is 0.376 e. The fourth-order valence-electron chi connectivity index (χ4n) is 3.57. The molecule has 1 heterocycles. The Morgan fingerprint density at radius 1 is 1.29 bits per heavy atom. The van der Waals surface area contributed by atoms with Crippen LogP contribution in [0.1, 0.15) is 70.7 Å². The number of imidazole rings is 1. The summed E-state index contributed by atoms with van der Waals surface area (Å²) in [6.45, 7) is 6.46. The number of methoxy groups -OCH3 is 1. The van der Waals surface area contributed by atoms with Crippen molar-refractivity contribution in [3.8, 4) is 0 Å². The van der Waals surface area contributed by atoms with Crippen molar-refractivity contribution < 1.29 is 4.74 Å². The lowest BCUT2D eigenvalue weighted by Gasteiger charge is -2.42. The molecule has 1 aromatic heterocycles. The summed E-state index contributed by atoms with van der Waals surface area (Å²) in [5, 5.41) is 3.72. The van der Waals surface area contributed by atoms with Gasteiger partial charge in [0.05, 0.1) is 11.6 Å². The number of hydrogen-bond donors (Lipinski definition) is 1. The molecule has 1 saturated carbocycles. The summed E-state index contributed by atoms with van der Waals surface area (Å²) in [5.41, 5.74) is -0.0930. The van der Waals surface area contributed by atoms with E-state index in [1.165, 1.54) is 19.3 Å². The second-order valence-corrected chi connectivity index (χ2v) is 6.20.